The number of nitrogens with one attached hydrogen (secondary N) is 2. The molecule has 4 saturated carbocycles. The molecule has 2 amide bonds. The van der Waals surface area contributed by atoms with Crippen molar-refractivity contribution in [1.29, 1.82) is 0 Å². The topological polar surface area (TPSA) is 81.7 Å². The number of carbonyl (C=O) groups excluding carboxylic acids is 1. The molecule has 1 aromatic rings. The first-order valence-corrected chi connectivity index (χ1v) is 18.6. The molecule has 0 radical (unpaired) electrons. The lowest BCUT2D eigenvalue weighted by molar-refractivity contribution is -0.210. The van der Waals surface area contributed by atoms with E-state index in [4.69, 9.17) is 0 Å². The third-order valence-corrected chi connectivity index (χ3v) is 15.0. The molecule has 6 nitrogen and oxygen atoms in total. The van der Waals surface area contributed by atoms with Crippen LogP contribution in [-0.4, -0.2) is 54.7 Å². The minimum Gasteiger partial charge on any atom is -0.478 e. The zero-order valence-corrected chi connectivity index (χ0v) is 29.6. The Bertz CT molecular complexity index is 1320. The van der Waals surface area contributed by atoms with Crippen LogP contribution in [0.3, 0.4) is 0 Å². The van der Waals surface area contributed by atoms with Crippen LogP contribution in [0.15, 0.2) is 30.3 Å². The fraction of sp³-hybridized carbons (Fsp3) is 0.750. The van der Waals surface area contributed by atoms with Crippen molar-refractivity contribution < 1.29 is 14.7 Å². The second kappa shape index (κ2) is 12.6. The number of unbranched alkanes of at least 4 members (excludes halogenated alkanes) is 2. The van der Waals surface area contributed by atoms with E-state index in [0.717, 1.165) is 45.2 Å². The maximum atomic E-state index is 13.3. The van der Waals surface area contributed by atoms with Crippen molar-refractivity contribution in [1.82, 2.24) is 15.5 Å². The van der Waals surface area contributed by atoms with E-state index in [9.17, 15) is 14.7 Å². The summed E-state index contributed by atoms with van der Waals surface area (Å²) >= 11 is 0. The fourth-order valence-corrected chi connectivity index (χ4v) is 12.4. The summed E-state index contributed by atoms with van der Waals surface area (Å²) in [7, 11) is 4.24. The molecule has 8 unspecified atom stereocenters. The summed E-state index contributed by atoms with van der Waals surface area (Å²) in [6, 6.07) is 7.62. The molecule has 6 rings (SSSR count). The van der Waals surface area contributed by atoms with Crippen molar-refractivity contribution in [3.05, 3.63) is 41.5 Å². The molecule has 254 valence electrons. The number of aromatic carboxylic acids is 1. The van der Waals surface area contributed by atoms with Gasteiger partial charge in [0.15, 0.2) is 0 Å². The maximum absolute atomic E-state index is 13.3. The van der Waals surface area contributed by atoms with Gasteiger partial charge in [0.25, 0.3) is 0 Å². The fourth-order valence-electron chi connectivity index (χ4n) is 12.4. The molecule has 0 heterocycles. The molecule has 0 bridgehead atoms. The first-order chi connectivity index (χ1) is 21.8. The number of urea groups is 1. The van der Waals surface area contributed by atoms with Gasteiger partial charge < -0.3 is 20.6 Å². The van der Waals surface area contributed by atoms with Crippen LogP contribution < -0.4 is 10.6 Å². The van der Waals surface area contributed by atoms with Crippen LogP contribution in [0, 0.1) is 45.8 Å². The Morgan fingerprint density at radius 3 is 2.35 bits per heavy atom. The van der Waals surface area contributed by atoms with E-state index in [0.29, 0.717) is 46.0 Å². The van der Waals surface area contributed by atoms with E-state index in [1.807, 2.05) is 12.1 Å². The average molecular weight is 632 g/mol. The van der Waals surface area contributed by atoms with Gasteiger partial charge in [-0.1, -0.05) is 58.7 Å². The van der Waals surface area contributed by atoms with Gasteiger partial charge in [-0.2, -0.15) is 0 Å². The number of rotatable bonds is 9. The van der Waals surface area contributed by atoms with E-state index in [1.54, 1.807) is 12.1 Å². The van der Waals surface area contributed by atoms with Gasteiger partial charge in [0.05, 0.1) is 5.56 Å². The molecule has 1 aromatic carbocycles. The molecular formula is C40H61N3O3. The van der Waals surface area contributed by atoms with Gasteiger partial charge in [0, 0.05) is 12.1 Å². The van der Waals surface area contributed by atoms with Gasteiger partial charge in [0.1, 0.15) is 0 Å². The Hall–Kier alpha value is -2.34. The van der Waals surface area contributed by atoms with Gasteiger partial charge in [0.2, 0.25) is 0 Å². The summed E-state index contributed by atoms with van der Waals surface area (Å²) < 4.78 is 0. The normalized spacial score (nSPS) is 39.8. The summed E-state index contributed by atoms with van der Waals surface area (Å²) in [5, 5.41) is 16.3. The zero-order chi connectivity index (χ0) is 32.9. The Morgan fingerprint density at radius 1 is 0.870 bits per heavy atom. The largest absolute Gasteiger partial charge is 0.478 e. The smallest absolute Gasteiger partial charge is 0.335 e. The Morgan fingerprint density at radius 2 is 1.63 bits per heavy atom. The lowest BCUT2D eigenvalue weighted by Crippen LogP contribution is -2.67. The van der Waals surface area contributed by atoms with Crippen molar-refractivity contribution in [2.24, 2.45) is 45.8 Å². The number of nitrogens with zero attached hydrogens (tertiary/aromatic N) is 1. The molecule has 3 N–H and O–H groups in total. The van der Waals surface area contributed by atoms with Crippen molar-refractivity contribution in [2.45, 2.75) is 117 Å². The molecule has 0 aromatic heterocycles. The molecule has 6 heteroatoms. The molecule has 0 spiro atoms. The van der Waals surface area contributed by atoms with Gasteiger partial charge in [-0.3, -0.25) is 0 Å². The SMILES string of the molecule is CC1C(c2ccc(C(=O)O)cc2)=CCC2(C)C1CCC1(C)C2CCC2C3CCCC3(NC(=O)NCCCCCN(C)C)CC[C@]21C. The quantitative estimate of drug-likeness (QED) is 0.238. The van der Waals surface area contributed by atoms with Crippen LogP contribution in [0.5, 0.6) is 0 Å². The lowest BCUT2D eigenvalue weighted by Gasteiger charge is -2.71. The van der Waals surface area contributed by atoms with Crippen LogP contribution in [-0.2, 0) is 0 Å². The van der Waals surface area contributed by atoms with Crippen LogP contribution in [0.2, 0.25) is 0 Å². The minimum absolute atomic E-state index is 0.0311. The van der Waals surface area contributed by atoms with Gasteiger partial charge in [-0.15, -0.1) is 0 Å². The van der Waals surface area contributed by atoms with Crippen LogP contribution in [0.4, 0.5) is 4.79 Å². The highest BCUT2D eigenvalue weighted by Gasteiger charge is 2.68. The van der Waals surface area contributed by atoms with E-state index in [2.05, 4.69) is 63.4 Å². The predicted octanol–water partition coefficient (Wildman–Crippen LogP) is 8.63. The summed E-state index contributed by atoms with van der Waals surface area (Å²) in [6.45, 7) is 12.3. The van der Waals surface area contributed by atoms with Crippen molar-refractivity contribution in [3.63, 3.8) is 0 Å². The van der Waals surface area contributed by atoms with Gasteiger partial charge in [-0.25, -0.2) is 9.59 Å². The van der Waals surface area contributed by atoms with Crippen molar-refractivity contribution in [3.8, 4) is 0 Å². The number of amides is 2. The third-order valence-electron chi connectivity index (χ3n) is 15.0. The number of hydrogen-bond donors (Lipinski definition) is 3. The summed E-state index contributed by atoms with van der Waals surface area (Å²) in [6.07, 6.45) is 18.1. The monoisotopic (exact) mass is 631 g/mol. The van der Waals surface area contributed by atoms with Crippen LogP contribution in [0.1, 0.15) is 127 Å². The molecule has 0 aliphatic heterocycles. The van der Waals surface area contributed by atoms with Gasteiger partial charge >= 0.3 is 12.0 Å². The highest BCUT2D eigenvalue weighted by atomic mass is 16.4. The van der Waals surface area contributed by atoms with E-state index >= 15 is 0 Å². The Balaban J connectivity index is 1.16. The highest BCUT2D eigenvalue weighted by molar-refractivity contribution is 5.88. The molecule has 0 saturated heterocycles. The number of fused-ring (bicyclic) bond motifs is 7. The molecule has 5 aliphatic carbocycles. The van der Waals surface area contributed by atoms with E-state index < -0.39 is 5.97 Å². The van der Waals surface area contributed by atoms with Crippen molar-refractivity contribution in [2.75, 3.05) is 27.2 Å². The molecular weight excluding hydrogens is 570 g/mol. The van der Waals surface area contributed by atoms with E-state index in [1.165, 1.54) is 62.5 Å². The Kier molecular flexibility index (Phi) is 9.19. The van der Waals surface area contributed by atoms with E-state index in [-0.39, 0.29) is 17.0 Å². The first-order valence-electron chi connectivity index (χ1n) is 18.6. The molecule has 9 atom stereocenters. The second-order valence-corrected chi connectivity index (χ2v) is 17.2. The first kappa shape index (κ1) is 33.6. The standard InChI is InChI=1S/C40H61N3O3/c1-27-30(28-12-14-29(15-13-28)35(44)45)18-21-37(2)31(27)19-22-39(4)34(37)17-16-32-33-11-10-20-40(33,24-23-38(32,39)3)42-36(46)41-25-8-7-9-26-43(5)6/h12-15,18,27,31-34H,7-11,16-17,19-26H2,1-6H3,(H,44,45)(H2,41,42,46)/t27?,31?,32?,33?,34?,37?,38-,39?,40?/m1/s1. The molecule has 5 aliphatic rings. The number of hydrogen-bond acceptors (Lipinski definition) is 3. The Labute approximate surface area is 278 Å². The third kappa shape index (κ3) is 5.52. The lowest BCUT2D eigenvalue weighted by atomic mass is 9.34. The maximum Gasteiger partial charge on any atom is 0.335 e. The predicted molar refractivity (Wildman–Crippen MR) is 187 cm³/mol. The highest BCUT2D eigenvalue weighted by Crippen LogP contribution is 2.75. The average Bonchev–Trinajstić information content (AvgIpc) is 3.43. The number of benzene rings is 1. The minimum atomic E-state index is -0.862. The van der Waals surface area contributed by atoms with Gasteiger partial charge in [-0.05, 0) is 160 Å². The molecule has 46 heavy (non-hydrogen) atoms. The van der Waals surface area contributed by atoms with Crippen LogP contribution in [0.25, 0.3) is 5.57 Å². The summed E-state index contributed by atoms with van der Waals surface area (Å²) in [4.78, 5) is 26.9. The molecule has 4 fully saturated rings. The summed E-state index contributed by atoms with van der Waals surface area (Å²) in [5.74, 6) is 2.22. The summed E-state index contributed by atoms with van der Waals surface area (Å²) in [5.41, 5.74) is 3.81. The zero-order valence-electron chi connectivity index (χ0n) is 29.6. The van der Waals surface area contributed by atoms with Crippen LogP contribution >= 0.6 is 0 Å². The number of carboxylic acid groups (broad SMARTS) is 1. The van der Waals surface area contributed by atoms with Crippen molar-refractivity contribution >= 4 is 17.6 Å². The number of carbonyl (C=O) groups is 2. The number of carboxylic acids is 1. The number of allylic oxidation sites excluding steroid dienone is 2. The second-order valence-electron chi connectivity index (χ2n) is 17.2.